The van der Waals surface area contributed by atoms with E-state index < -0.39 is 0 Å². The topological polar surface area (TPSA) is 0 Å². The maximum absolute atomic E-state index is 2.34. The van der Waals surface area contributed by atoms with Crippen LogP contribution < -0.4 is 0 Å². The largest absolute Gasteiger partial charge is 0.0802 e. The lowest BCUT2D eigenvalue weighted by atomic mass is 9.91. The van der Waals surface area contributed by atoms with Crippen molar-refractivity contribution in [1.29, 1.82) is 0 Å². The lowest BCUT2D eigenvalue weighted by Gasteiger charge is -2.14. The molecule has 0 aromatic heterocycles. The van der Waals surface area contributed by atoms with Crippen LogP contribution in [-0.4, -0.2) is 0 Å². The molecule has 0 nitrogen and oxygen atoms in total. The van der Waals surface area contributed by atoms with Gasteiger partial charge in [-0.05, 0) is 32.1 Å². The SMILES string of the molecule is CCCCC(CC)CCC1=CC=C(C)C=CC1. The summed E-state index contributed by atoms with van der Waals surface area (Å²) in [5.41, 5.74) is 2.98. The van der Waals surface area contributed by atoms with Crippen LogP contribution in [0.3, 0.4) is 0 Å². The van der Waals surface area contributed by atoms with Crippen molar-refractivity contribution in [3.05, 3.63) is 35.5 Å². The molecule has 0 saturated carbocycles. The minimum atomic E-state index is 0.938. The van der Waals surface area contributed by atoms with E-state index in [0.717, 1.165) is 12.3 Å². The van der Waals surface area contributed by atoms with Crippen LogP contribution in [0.2, 0.25) is 0 Å². The molecule has 1 aliphatic carbocycles. The summed E-state index contributed by atoms with van der Waals surface area (Å²) in [5, 5.41) is 0. The van der Waals surface area contributed by atoms with Crippen molar-refractivity contribution in [2.45, 2.75) is 65.7 Å². The van der Waals surface area contributed by atoms with E-state index in [0.29, 0.717) is 0 Å². The molecule has 0 spiro atoms. The summed E-state index contributed by atoms with van der Waals surface area (Å²) in [6.45, 7) is 6.80. The lowest BCUT2D eigenvalue weighted by Crippen LogP contribution is -1.99. The van der Waals surface area contributed by atoms with Gasteiger partial charge in [0.05, 0.1) is 0 Å². The minimum absolute atomic E-state index is 0.938. The van der Waals surface area contributed by atoms with E-state index >= 15 is 0 Å². The number of unbranched alkanes of at least 4 members (excludes halogenated alkanes) is 1. The molecule has 1 atom stereocenters. The molecule has 0 N–H and O–H groups in total. The predicted molar refractivity (Wildman–Crippen MR) is 78.1 cm³/mol. The molecule has 0 heterocycles. The first-order valence-electron chi connectivity index (χ1n) is 7.29. The third kappa shape index (κ3) is 5.91. The van der Waals surface area contributed by atoms with E-state index in [1.807, 2.05) is 0 Å². The van der Waals surface area contributed by atoms with Gasteiger partial charge >= 0.3 is 0 Å². The highest BCUT2D eigenvalue weighted by Gasteiger charge is 2.07. The Bertz CT molecular complexity index is 291. The van der Waals surface area contributed by atoms with E-state index in [4.69, 9.17) is 0 Å². The molecular formula is C17H28. The first-order valence-corrected chi connectivity index (χ1v) is 7.29. The summed E-state index contributed by atoms with van der Waals surface area (Å²) in [4.78, 5) is 0. The molecule has 0 heteroatoms. The lowest BCUT2D eigenvalue weighted by molar-refractivity contribution is 0.420. The van der Waals surface area contributed by atoms with Crippen LogP contribution in [0.5, 0.6) is 0 Å². The van der Waals surface area contributed by atoms with E-state index in [-0.39, 0.29) is 0 Å². The van der Waals surface area contributed by atoms with Gasteiger partial charge in [0.25, 0.3) is 0 Å². The van der Waals surface area contributed by atoms with E-state index in [1.54, 1.807) is 5.57 Å². The summed E-state index contributed by atoms with van der Waals surface area (Å²) < 4.78 is 0. The first-order chi connectivity index (χ1) is 8.26. The van der Waals surface area contributed by atoms with Gasteiger partial charge < -0.3 is 0 Å². The van der Waals surface area contributed by atoms with Crippen molar-refractivity contribution >= 4 is 0 Å². The fraction of sp³-hybridized carbons (Fsp3) is 0.647. The maximum Gasteiger partial charge on any atom is -0.0132 e. The number of hydrogen-bond donors (Lipinski definition) is 0. The minimum Gasteiger partial charge on any atom is -0.0802 e. The van der Waals surface area contributed by atoms with Gasteiger partial charge in [-0.15, -0.1) is 0 Å². The molecular weight excluding hydrogens is 204 g/mol. The van der Waals surface area contributed by atoms with E-state index in [2.05, 4.69) is 45.1 Å². The summed E-state index contributed by atoms with van der Waals surface area (Å²) in [5.74, 6) is 0.938. The Hall–Kier alpha value is -0.780. The van der Waals surface area contributed by atoms with Crippen molar-refractivity contribution < 1.29 is 0 Å². The van der Waals surface area contributed by atoms with Crippen LogP contribution in [0, 0.1) is 5.92 Å². The molecule has 0 saturated heterocycles. The molecule has 96 valence electrons. The van der Waals surface area contributed by atoms with Gasteiger partial charge in [0.15, 0.2) is 0 Å². The summed E-state index contributed by atoms with van der Waals surface area (Å²) in [6, 6.07) is 0. The van der Waals surface area contributed by atoms with Gasteiger partial charge in [0.2, 0.25) is 0 Å². The molecule has 1 aliphatic rings. The quantitative estimate of drug-likeness (QED) is 0.519. The van der Waals surface area contributed by atoms with Crippen LogP contribution in [0.4, 0.5) is 0 Å². The van der Waals surface area contributed by atoms with Gasteiger partial charge in [-0.3, -0.25) is 0 Å². The van der Waals surface area contributed by atoms with Crippen LogP contribution in [-0.2, 0) is 0 Å². The third-order valence-electron chi connectivity index (χ3n) is 3.76. The molecule has 1 rings (SSSR count). The molecule has 0 aromatic carbocycles. The standard InChI is InChI=1S/C17H28/c1-4-6-9-16(5-2)13-14-17-10-7-8-15(3)11-12-17/h7-8,11-12,16H,4-6,9-10,13-14H2,1-3H3. The fourth-order valence-electron chi connectivity index (χ4n) is 2.39. The van der Waals surface area contributed by atoms with Gasteiger partial charge in [-0.2, -0.15) is 0 Å². The van der Waals surface area contributed by atoms with Crippen LogP contribution in [0.1, 0.15) is 65.7 Å². The Morgan fingerprint density at radius 3 is 2.71 bits per heavy atom. The third-order valence-corrected chi connectivity index (χ3v) is 3.76. The molecule has 0 radical (unpaired) electrons. The zero-order chi connectivity index (χ0) is 12.5. The average molecular weight is 232 g/mol. The van der Waals surface area contributed by atoms with Gasteiger partial charge in [0.1, 0.15) is 0 Å². The predicted octanol–water partition coefficient (Wildman–Crippen LogP) is 5.82. The molecule has 0 fully saturated rings. The number of allylic oxidation sites excluding steroid dienone is 6. The van der Waals surface area contributed by atoms with E-state index in [1.165, 1.54) is 44.1 Å². The normalized spacial score (nSPS) is 17.4. The van der Waals surface area contributed by atoms with E-state index in [9.17, 15) is 0 Å². The van der Waals surface area contributed by atoms with Gasteiger partial charge in [0, 0.05) is 0 Å². The highest BCUT2D eigenvalue weighted by Crippen LogP contribution is 2.23. The second kappa shape index (κ2) is 8.33. The molecule has 0 aromatic rings. The van der Waals surface area contributed by atoms with Crippen LogP contribution in [0.25, 0.3) is 0 Å². The van der Waals surface area contributed by atoms with Crippen LogP contribution in [0.15, 0.2) is 35.5 Å². The summed E-state index contributed by atoms with van der Waals surface area (Å²) in [6.07, 6.45) is 18.4. The monoisotopic (exact) mass is 232 g/mol. The second-order valence-corrected chi connectivity index (χ2v) is 5.30. The Morgan fingerprint density at radius 1 is 1.18 bits per heavy atom. The highest BCUT2D eigenvalue weighted by molar-refractivity contribution is 5.29. The Labute approximate surface area is 108 Å². The van der Waals surface area contributed by atoms with Crippen LogP contribution >= 0.6 is 0 Å². The molecule has 0 aliphatic heterocycles. The smallest absolute Gasteiger partial charge is 0.0132 e. The van der Waals surface area contributed by atoms with Gasteiger partial charge in [-0.25, -0.2) is 0 Å². The fourth-order valence-corrected chi connectivity index (χ4v) is 2.39. The molecule has 0 bridgehead atoms. The average Bonchev–Trinajstić information content (AvgIpc) is 2.54. The van der Waals surface area contributed by atoms with Gasteiger partial charge in [-0.1, -0.05) is 75.0 Å². The number of rotatable bonds is 7. The second-order valence-electron chi connectivity index (χ2n) is 5.30. The molecule has 17 heavy (non-hydrogen) atoms. The van der Waals surface area contributed by atoms with Crippen molar-refractivity contribution in [2.24, 2.45) is 5.92 Å². The van der Waals surface area contributed by atoms with Crippen molar-refractivity contribution in [2.75, 3.05) is 0 Å². The van der Waals surface area contributed by atoms with Crippen molar-refractivity contribution in [3.8, 4) is 0 Å². The first kappa shape index (κ1) is 14.3. The Kier molecular flexibility index (Phi) is 7.00. The summed E-state index contributed by atoms with van der Waals surface area (Å²) in [7, 11) is 0. The van der Waals surface area contributed by atoms with Crippen molar-refractivity contribution in [3.63, 3.8) is 0 Å². The maximum atomic E-state index is 2.34. The summed E-state index contributed by atoms with van der Waals surface area (Å²) >= 11 is 0. The number of hydrogen-bond acceptors (Lipinski definition) is 0. The highest BCUT2D eigenvalue weighted by atomic mass is 14.1. The zero-order valence-electron chi connectivity index (χ0n) is 11.8. The Morgan fingerprint density at radius 2 is 2.00 bits per heavy atom. The zero-order valence-corrected chi connectivity index (χ0v) is 11.8. The van der Waals surface area contributed by atoms with Crippen molar-refractivity contribution in [1.82, 2.24) is 0 Å². The molecule has 1 unspecified atom stereocenters. The Balaban J connectivity index is 2.36. The molecule has 0 amide bonds.